The molecule has 0 saturated heterocycles. The minimum Gasteiger partial charge on any atom is -0.478 e. The van der Waals surface area contributed by atoms with E-state index in [1.54, 1.807) is 0 Å². The Morgan fingerprint density at radius 2 is 1.30 bits per heavy atom. The van der Waals surface area contributed by atoms with E-state index in [1.165, 1.54) is 12.1 Å². The van der Waals surface area contributed by atoms with Crippen LogP contribution < -0.4 is 4.74 Å². The van der Waals surface area contributed by atoms with Gasteiger partial charge in [-0.05, 0) is 12.1 Å². The third-order valence-corrected chi connectivity index (χ3v) is 2.28. The summed E-state index contributed by atoms with van der Waals surface area (Å²) in [6.45, 7) is 0. The van der Waals surface area contributed by atoms with Crippen LogP contribution in [0.4, 0.5) is 0 Å². The van der Waals surface area contributed by atoms with Crippen LogP contribution in [-0.4, -0.2) is 49.9 Å². The van der Waals surface area contributed by atoms with Crippen LogP contribution in [0.5, 0.6) is 5.75 Å². The van der Waals surface area contributed by atoms with Gasteiger partial charge in [-0.2, -0.15) is 0 Å². The zero-order chi connectivity index (χ0) is 15.5. The van der Waals surface area contributed by atoms with Crippen LogP contribution in [-0.2, 0) is 14.4 Å². The highest BCUT2D eigenvalue weighted by Crippen LogP contribution is 2.24. The highest BCUT2D eigenvalue weighted by molar-refractivity contribution is 6.20. The molecular weight excluding hydrogens is 276 g/mol. The number of para-hydroxylation sites is 1. The van der Waals surface area contributed by atoms with Crippen LogP contribution >= 0.6 is 0 Å². The Labute approximate surface area is 110 Å². The second-order valence-corrected chi connectivity index (χ2v) is 3.50. The fraction of sp³-hybridized carbons (Fsp3) is 0.0909. The van der Waals surface area contributed by atoms with E-state index in [4.69, 9.17) is 20.4 Å². The smallest absolute Gasteiger partial charge is 0.398 e. The summed E-state index contributed by atoms with van der Waals surface area (Å²) in [5, 5.41) is 35.3. The number of carbonyl (C=O) groups is 4. The Morgan fingerprint density at radius 1 is 0.850 bits per heavy atom. The van der Waals surface area contributed by atoms with Crippen molar-refractivity contribution >= 4 is 23.9 Å². The van der Waals surface area contributed by atoms with Crippen LogP contribution in [0.1, 0.15) is 10.4 Å². The van der Waals surface area contributed by atoms with Crippen molar-refractivity contribution in [2.75, 3.05) is 0 Å². The Bertz CT molecular complexity index is 553. The summed E-state index contributed by atoms with van der Waals surface area (Å²) < 4.78 is 4.50. The van der Waals surface area contributed by atoms with Crippen molar-refractivity contribution in [1.29, 1.82) is 0 Å². The predicted octanol–water partition coefficient (Wildman–Crippen LogP) is -0.244. The molecule has 9 heteroatoms. The number of carboxylic acid groups (broad SMARTS) is 4. The number of ether oxygens (including phenoxy) is 1. The van der Waals surface area contributed by atoms with Crippen LogP contribution in [0.15, 0.2) is 24.3 Å². The van der Waals surface area contributed by atoms with Crippen molar-refractivity contribution < 1.29 is 44.3 Å². The summed E-state index contributed by atoms with van der Waals surface area (Å²) in [5.74, 6) is -9.10. The Kier molecular flexibility index (Phi) is 3.94. The molecule has 0 atom stereocenters. The van der Waals surface area contributed by atoms with Crippen molar-refractivity contribution in [3.8, 4) is 5.75 Å². The lowest BCUT2D eigenvalue weighted by Crippen LogP contribution is -2.58. The van der Waals surface area contributed by atoms with Gasteiger partial charge >= 0.3 is 29.5 Å². The maximum atomic E-state index is 11.0. The van der Waals surface area contributed by atoms with Gasteiger partial charge in [0.2, 0.25) is 0 Å². The average Bonchev–Trinajstić information content (AvgIpc) is 2.34. The van der Waals surface area contributed by atoms with E-state index in [-0.39, 0.29) is 0 Å². The number of aliphatic carboxylic acids is 3. The number of hydrogen-bond donors (Lipinski definition) is 4. The molecule has 9 nitrogen and oxygen atoms in total. The second kappa shape index (κ2) is 5.26. The lowest BCUT2D eigenvalue weighted by Gasteiger charge is -2.22. The van der Waals surface area contributed by atoms with E-state index in [2.05, 4.69) is 4.74 Å². The molecule has 0 aliphatic heterocycles. The molecule has 0 radical (unpaired) electrons. The lowest BCUT2D eigenvalue weighted by atomic mass is 10.0. The Hall–Kier alpha value is -3.10. The zero-order valence-corrected chi connectivity index (χ0v) is 9.64. The molecule has 0 aromatic heterocycles. The van der Waals surface area contributed by atoms with E-state index < -0.39 is 40.8 Å². The number of rotatable bonds is 6. The van der Waals surface area contributed by atoms with Crippen molar-refractivity contribution in [1.82, 2.24) is 0 Å². The van der Waals surface area contributed by atoms with Crippen molar-refractivity contribution in [3.05, 3.63) is 29.8 Å². The normalized spacial score (nSPS) is 10.6. The standard InChI is InChI=1S/C11H8O9/c12-7(13)5-3-1-2-4-6(5)20-11(8(14)15,9(16)17)10(18)19/h1-4H,(H,12,13)(H,14,15)(H,16,17)(H,18,19). The zero-order valence-electron chi connectivity index (χ0n) is 9.64. The lowest BCUT2D eigenvalue weighted by molar-refractivity contribution is -0.183. The van der Waals surface area contributed by atoms with Gasteiger partial charge in [0, 0.05) is 0 Å². The molecule has 0 unspecified atom stereocenters. The van der Waals surface area contributed by atoms with Crippen LogP contribution in [0, 0.1) is 0 Å². The van der Waals surface area contributed by atoms with Gasteiger partial charge in [-0.1, -0.05) is 12.1 Å². The van der Waals surface area contributed by atoms with E-state index in [0.717, 1.165) is 12.1 Å². The quantitative estimate of drug-likeness (QED) is 0.517. The summed E-state index contributed by atoms with van der Waals surface area (Å²) in [7, 11) is 0. The van der Waals surface area contributed by atoms with Crippen LogP contribution in [0.25, 0.3) is 0 Å². The number of hydrogen-bond acceptors (Lipinski definition) is 5. The molecule has 0 bridgehead atoms. The Balaban J connectivity index is 3.42. The predicted molar refractivity (Wildman–Crippen MR) is 59.7 cm³/mol. The van der Waals surface area contributed by atoms with Gasteiger partial charge in [0.05, 0.1) is 0 Å². The third kappa shape index (κ3) is 2.36. The van der Waals surface area contributed by atoms with Gasteiger partial charge in [0.1, 0.15) is 11.3 Å². The molecule has 1 aromatic carbocycles. The number of carboxylic acids is 4. The van der Waals surface area contributed by atoms with Crippen molar-refractivity contribution in [2.45, 2.75) is 5.60 Å². The highest BCUT2D eigenvalue weighted by Gasteiger charge is 2.58. The van der Waals surface area contributed by atoms with Crippen LogP contribution in [0.2, 0.25) is 0 Å². The van der Waals surface area contributed by atoms with Crippen molar-refractivity contribution in [3.63, 3.8) is 0 Å². The first kappa shape index (κ1) is 15.0. The second-order valence-electron chi connectivity index (χ2n) is 3.50. The van der Waals surface area contributed by atoms with Gasteiger partial charge in [0.25, 0.3) is 0 Å². The number of benzene rings is 1. The first-order valence-corrected chi connectivity index (χ1v) is 4.95. The molecular formula is C11H8O9. The molecule has 106 valence electrons. The van der Waals surface area contributed by atoms with E-state index in [1.807, 2.05) is 0 Å². The van der Waals surface area contributed by atoms with Gasteiger partial charge in [-0.25, -0.2) is 19.2 Å². The fourth-order valence-corrected chi connectivity index (χ4v) is 1.30. The molecule has 0 aliphatic carbocycles. The molecule has 0 heterocycles. The molecule has 0 fully saturated rings. The first-order chi connectivity index (χ1) is 9.23. The summed E-state index contributed by atoms with van der Waals surface area (Å²) >= 11 is 0. The van der Waals surface area contributed by atoms with Gasteiger partial charge in [-0.15, -0.1) is 0 Å². The minimum absolute atomic E-state index is 0.569. The molecule has 1 aromatic rings. The summed E-state index contributed by atoms with van der Waals surface area (Å²) in [6, 6.07) is 4.47. The number of aromatic carboxylic acids is 1. The molecule has 0 spiro atoms. The first-order valence-electron chi connectivity index (χ1n) is 4.95. The molecule has 1 rings (SSSR count). The molecule has 0 saturated carbocycles. The fourth-order valence-electron chi connectivity index (χ4n) is 1.30. The van der Waals surface area contributed by atoms with E-state index in [0.29, 0.717) is 0 Å². The molecule has 0 amide bonds. The van der Waals surface area contributed by atoms with E-state index in [9.17, 15) is 19.2 Å². The van der Waals surface area contributed by atoms with Crippen LogP contribution in [0.3, 0.4) is 0 Å². The Morgan fingerprint density at radius 3 is 1.70 bits per heavy atom. The maximum absolute atomic E-state index is 11.0. The highest BCUT2D eigenvalue weighted by atomic mass is 16.6. The summed E-state index contributed by atoms with van der Waals surface area (Å²) in [4.78, 5) is 43.8. The maximum Gasteiger partial charge on any atom is 0.398 e. The van der Waals surface area contributed by atoms with Gasteiger partial charge < -0.3 is 25.2 Å². The van der Waals surface area contributed by atoms with Crippen molar-refractivity contribution in [2.24, 2.45) is 0 Å². The summed E-state index contributed by atoms with van der Waals surface area (Å²) in [5.41, 5.74) is -4.20. The largest absolute Gasteiger partial charge is 0.478 e. The monoisotopic (exact) mass is 284 g/mol. The molecule has 20 heavy (non-hydrogen) atoms. The van der Waals surface area contributed by atoms with E-state index >= 15 is 0 Å². The molecule has 4 N–H and O–H groups in total. The minimum atomic E-state index is -3.63. The molecule has 0 aliphatic rings. The SMILES string of the molecule is O=C(O)c1ccccc1OC(C(=O)O)(C(=O)O)C(=O)O. The van der Waals surface area contributed by atoms with Gasteiger partial charge in [0.15, 0.2) is 0 Å². The third-order valence-electron chi connectivity index (χ3n) is 2.28. The average molecular weight is 284 g/mol. The topological polar surface area (TPSA) is 158 Å². The summed E-state index contributed by atoms with van der Waals surface area (Å²) in [6.07, 6.45) is 0. The van der Waals surface area contributed by atoms with Gasteiger partial charge in [-0.3, -0.25) is 0 Å².